The maximum absolute atomic E-state index is 14.8. The van der Waals surface area contributed by atoms with Crippen LogP contribution in [0.3, 0.4) is 0 Å². The van der Waals surface area contributed by atoms with E-state index >= 15 is 0 Å². The molecule has 0 spiro atoms. The first kappa shape index (κ1) is 42.7. The lowest BCUT2D eigenvalue weighted by Gasteiger charge is -2.41. The van der Waals surface area contributed by atoms with Crippen LogP contribution in [0.5, 0.6) is 5.75 Å². The molecule has 4 rings (SSSR count). The zero-order valence-electron chi connectivity index (χ0n) is 32.2. The predicted molar refractivity (Wildman–Crippen MR) is 198 cm³/mol. The van der Waals surface area contributed by atoms with Crippen molar-refractivity contribution in [1.82, 2.24) is 36.2 Å². The highest BCUT2D eigenvalue weighted by Gasteiger charge is 2.45. The standard InChI is InChI=1S/C38H55N7O10/c1-6-22(4)32-38(55)43-15-7-9-29(43)35(52)41-28(18-24-11-13-26(47)14-12-24)37(54)45(25(20-46)19-31(48)49)44-16-8-10-30(44)36(53)40-27(17-21(2)3)34(51)39-23(5)33(50)42-32/h11-14,20-23,25,27-30,32,47H,6-10,15-19H2,1-5H3,(H,39,51)(H,40,53)(H,41,52)(H,42,50)(H,48,49). The number of amides is 6. The Morgan fingerprint density at radius 2 is 1.45 bits per heavy atom. The second-order valence-corrected chi connectivity index (χ2v) is 15.2. The Bertz CT molecular complexity index is 1600. The predicted octanol–water partition coefficient (Wildman–Crippen LogP) is 0.241. The van der Waals surface area contributed by atoms with E-state index < -0.39 is 90.1 Å². The lowest BCUT2D eigenvalue weighted by molar-refractivity contribution is -0.168. The number of benzene rings is 1. The molecule has 17 heteroatoms. The first-order valence-electron chi connectivity index (χ1n) is 19.1. The van der Waals surface area contributed by atoms with Crippen LogP contribution >= 0.6 is 0 Å². The second-order valence-electron chi connectivity index (χ2n) is 15.2. The number of nitrogens with zero attached hydrogens (tertiary/aromatic N) is 3. The van der Waals surface area contributed by atoms with Crippen LogP contribution in [-0.2, 0) is 44.8 Å². The summed E-state index contributed by atoms with van der Waals surface area (Å²) in [4.78, 5) is 111. The fourth-order valence-electron chi connectivity index (χ4n) is 7.42. The van der Waals surface area contributed by atoms with Crippen LogP contribution in [0.25, 0.3) is 0 Å². The van der Waals surface area contributed by atoms with Crippen LogP contribution in [0.15, 0.2) is 24.3 Å². The molecule has 302 valence electrons. The lowest BCUT2D eigenvalue weighted by atomic mass is 9.96. The van der Waals surface area contributed by atoms with Crippen LogP contribution in [0.2, 0.25) is 0 Å². The quantitative estimate of drug-likeness (QED) is 0.177. The van der Waals surface area contributed by atoms with E-state index in [0.29, 0.717) is 31.1 Å². The van der Waals surface area contributed by atoms with Crippen LogP contribution in [0, 0.1) is 11.8 Å². The number of carbonyl (C=O) groups excluding carboxylic acids is 7. The number of hydrogen-bond donors (Lipinski definition) is 6. The van der Waals surface area contributed by atoms with Crippen LogP contribution in [0.1, 0.15) is 85.1 Å². The average molecular weight is 770 g/mol. The van der Waals surface area contributed by atoms with Crippen molar-refractivity contribution in [2.45, 2.75) is 128 Å². The number of fused-ring (bicyclic) bond motifs is 2. The molecular formula is C38H55N7O10. The second kappa shape index (κ2) is 19.0. The molecule has 0 radical (unpaired) electrons. The number of hydrogen-bond acceptors (Lipinski definition) is 10. The highest BCUT2D eigenvalue weighted by Crippen LogP contribution is 2.26. The van der Waals surface area contributed by atoms with E-state index in [9.17, 15) is 48.6 Å². The maximum Gasteiger partial charge on any atom is 0.305 e. The molecule has 8 unspecified atom stereocenters. The van der Waals surface area contributed by atoms with E-state index in [1.54, 1.807) is 19.1 Å². The van der Waals surface area contributed by atoms with Gasteiger partial charge in [-0.15, -0.1) is 0 Å². The molecular weight excluding hydrogens is 714 g/mol. The van der Waals surface area contributed by atoms with Crippen molar-refractivity contribution in [3.05, 3.63) is 29.8 Å². The lowest BCUT2D eigenvalue weighted by Crippen LogP contribution is -2.64. The summed E-state index contributed by atoms with van der Waals surface area (Å²) in [6.45, 7) is 9.06. The minimum absolute atomic E-state index is 0.0449. The van der Waals surface area contributed by atoms with Gasteiger partial charge in [0.05, 0.1) is 6.42 Å². The fraction of sp³-hybridized carbons (Fsp3) is 0.632. The molecule has 0 saturated carbocycles. The van der Waals surface area contributed by atoms with Crippen molar-refractivity contribution in [2.75, 3.05) is 13.1 Å². The topological polar surface area (TPSA) is 235 Å². The number of hydrazine groups is 1. The molecule has 3 aliphatic heterocycles. The van der Waals surface area contributed by atoms with Gasteiger partial charge in [0, 0.05) is 19.5 Å². The molecule has 0 aromatic heterocycles. The molecule has 6 N–H and O–H groups in total. The minimum Gasteiger partial charge on any atom is -0.508 e. The van der Waals surface area contributed by atoms with Gasteiger partial charge >= 0.3 is 5.97 Å². The summed E-state index contributed by atoms with van der Waals surface area (Å²) in [6.07, 6.45) is 1.27. The van der Waals surface area contributed by atoms with E-state index in [0.717, 1.165) is 5.01 Å². The molecule has 3 saturated heterocycles. The summed E-state index contributed by atoms with van der Waals surface area (Å²) in [6, 6.07) is -2.57. The molecule has 1 aromatic rings. The summed E-state index contributed by atoms with van der Waals surface area (Å²) in [5.74, 6) is -5.88. The van der Waals surface area contributed by atoms with Gasteiger partial charge in [0.25, 0.3) is 5.91 Å². The number of nitrogens with one attached hydrogen (secondary N) is 4. The summed E-state index contributed by atoms with van der Waals surface area (Å²) >= 11 is 0. The van der Waals surface area contributed by atoms with Gasteiger partial charge in [-0.3, -0.25) is 38.6 Å². The van der Waals surface area contributed by atoms with Crippen molar-refractivity contribution in [3.8, 4) is 5.75 Å². The smallest absolute Gasteiger partial charge is 0.305 e. The largest absolute Gasteiger partial charge is 0.508 e. The monoisotopic (exact) mass is 769 g/mol. The van der Waals surface area contributed by atoms with Crippen molar-refractivity contribution >= 4 is 47.7 Å². The Hall–Kier alpha value is -5.06. The first-order chi connectivity index (χ1) is 26.1. The van der Waals surface area contributed by atoms with Crippen molar-refractivity contribution in [1.29, 1.82) is 0 Å². The third kappa shape index (κ3) is 10.6. The van der Waals surface area contributed by atoms with Gasteiger partial charge in [0.15, 0.2) is 0 Å². The SMILES string of the molecule is CCC(C)C1NC(=O)C(C)NC(=O)C(CC(C)C)NC(=O)C2CCCN2N(C(C=O)CC(=O)O)C(=O)C(Cc2ccc(O)cc2)NC(=O)C2CCCN2C1=O. The van der Waals surface area contributed by atoms with E-state index in [1.165, 1.54) is 29.0 Å². The number of rotatable bonds is 10. The van der Waals surface area contributed by atoms with Gasteiger partial charge in [-0.25, -0.2) is 5.01 Å². The number of aldehydes is 1. The molecule has 0 aliphatic carbocycles. The first-order valence-corrected chi connectivity index (χ1v) is 19.1. The zero-order chi connectivity index (χ0) is 40.6. The summed E-state index contributed by atoms with van der Waals surface area (Å²) in [7, 11) is 0. The zero-order valence-corrected chi connectivity index (χ0v) is 32.2. The molecule has 17 nitrogen and oxygen atoms in total. The molecule has 1 aromatic carbocycles. The Morgan fingerprint density at radius 1 is 0.836 bits per heavy atom. The third-order valence-corrected chi connectivity index (χ3v) is 10.6. The molecule has 3 aliphatic rings. The normalized spacial score (nSPS) is 27.5. The van der Waals surface area contributed by atoms with Gasteiger partial charge < -0.3 is 41.2 Å². The van der Waals surface area contributed by atoms with Gasteiger partial charge in [-0.05, 0) is 68.6 Å². The van der Waals surface area contributed by atoms with E-state index in [1.807, 2.05) is 20.8 Å². The molecule has 3 heterocycles. The van der Waals surface area contributed by atoms with Crippen LogP contribution in [0.4, 0.5) is 0 Å². The molecule has 6 amide bonds. The third-order valence-electron chi connectivity index (χ3n) is 10.6. The van der Waals surface area contributed by atoms with Gasteiger partial charge in [0.1, 0.15) is 54.3 Å². The maximum atomic E-state index is 14.8. The van der Waals surface area contributed by atoms with Crippen molar-refractivity contribution < 1.29 is 48.6 Å². The Kier molecular flexibility index (Phi) is 14.7. The van der Waals surface area contributed by atoms with Crippen LogP contribution < -0.4 is 21.3 Å². The van der Waals surface area contributed by atoms with Crippen molar-refractivity contribution in [2.24, 2.45) is 11.8 Å². The molecule has 55 heavy (non-hydrogen) atoms. The number of phenolic OH excluding ortho intramolecular Hbond substituents is 1. The van der Waals surface area contributed by atoms with Gasteiger partial charge in [0.2, 0.25) is 29.5 Å². The molecule has 0 bridgehead atoms. The highest BCUT2D eigenvalue weighted by molar-refractivity contribution is 5.97. The number of phenols is 1. The fourth-order valence-corrected chi connectivity index (χ4v) is 7.42. The van der Waals surface area contributed by atoms with Gasteiger partial charge in [-0.1, -0.05) is 46.2 Å². The number of carboxylic acids is 1. The van der Waals surface area contributed by atoms with Crippen molar-refractivity contribution in [3.63, 3.8) is 0 Å². The minimum atomic E-state index is -1.58. The van der Waals surface area contributed by atoms with Gasteiger partial charge in [-0.2, -0.15) is 0 Å². The summed E-state index contributed by atoms with van der Waals surface area (Å²) in [5.41, 5.74) is 0.502. The highest BCUT2D eigenvalue weighted by atomic mass is 16.4. The molecule has 3 fully saturated rings. The number of carbonyl (C=O) groups is 8. The van der Waals surface area contributed by atoms with E-state index in [4.69, 9.17) is 0 Å². The summed E-state index contributed by atoms with van der Waals surface area (Å²) in [5, 5.41) is 33.0. The Balaban J connectivity index is 1.86. The van der Waals surface area contributed by atoms with Crippen LogP contribution in [-0.4, -0.2) is 128 Å². The van der Waals surface area contributed by atoms with E-state index in [-0.39, 0.29) is 56.4 Å². The Morgan fingerprint density at radius 3 is 2.07 bits per heavy atom. The average Bonchev–Trinajstić information content (AvgIpc) is 3.83. The molecule has 8 atom stereocenters. The number of carboxylic acid groups (broad SMARTS) is 1. The van der Waals surface area contributed by atoms with E-state index in [2.05, 4.69) is 21.3 Å². The number of aromatic hydroxyl groups is 1. The summed E-state index contributed by atoms with van der Waals surface area (Å²) < 4.78 is 0. The Labute approximate surface area is 320 Å². The number of aliphatic carboxylic acids is 1.